The van der Waals surface area contributed by atoms with Crippen LogP contribution in [0, 0.1) is 0 Å². The number of aromatic amines is 1. The molecule has 2 aliphatic heterocycles. The van der Waals surface area contributed by atoms with Crippen molar-refractivity contribution in [1.82, 2.24) is 34.3 Å². The third-order valence-electron chi connectivity index (χ3n) is 7.59. The zero-order valence-corrected chi connectivity index (χ0v) is 20.2. The smallest absolute Gasteiger partial charge is 0.159 e. The summed E-state index contributed by atoms with van der Waals surface area (Å²) in [4.78, 5) is 19.9. The zero-order valence-electron chi connectivity index (χ0n) is 19.4. The summed E-state index contributed by atoms with van der Waals surface area (Å²) in [5.41, 5.74) is 10.5. The number of nitrogens with one attached hydrogen (secondary N) is 1. The third-order valence-corrected chi connectivity index (χ3v) is 8.00. The van der Waals surface area contributed by atoms with Crippen LogP contribution in [0.15, 0.2) is 43.1 Å². The first kappa shape index (κ1) is 20.9. The van der Waals surface area contributed by atoms with Crippen molar-refractivity contribution in [2.24, 2.45) is 12.8 Å². The Morgan fingerprint density at radius 2 is 1.97 bits per heavy atom. The predicted molar refractivity (Wildman–Crippen MR) is 136 cm³/mol. The van der Waals surface area contributed by atoms with E-state index >= 15 is 0 Å². The van der Waals surface area contributed by atoms with E-state index in [1.54, 1.807) is 6.20 Å². The second-order valence-corrected chi connectivity index (χ2v) is 10.2. The molecule has 178 valence electrons. The van der Waals surface area contributed by atoms with Crippen molar-refractivity contribution in [3.63, 3.8) is 0 Å². The molecular formula is C25H26ClN9. The summed E-state index contributed by atoms with van der Waals surface area (Å²) >= 11 is 6.92. The van der Waals surface area contributed by atoms with E-state index in [0.717, 1.165) is 57.7 Å². The second-order valence-electron chi connectivity index (χ2n) is 9.79. The molecule has 3 atom stereocenters. The highest BCUT2D eigenvalue weighted by atomic mass is 35.5. The molecule has 4 aromatic heterocycles. The Hall–Kier alpha value is -3.43. The molecule has 1 aromatic carbocycles. The Morgan fingerprint density at radius 3 is 2.74 bits per heavy atom. The number of rotatable bonds is 4. The molecule has 3 N–H and O–H groups in total. The molecular weight excluding hydrogens is 462 g/mol. The van der Waals surface area contributed by atoms with Crippen LogP contribution in [0.3, 0.4) is 0 Å². The van der Waals surface area contributed by atoms with E-state index in [9.17, 15) is 0 Å². The molecule has 2 saturated heterocycles. The first-order chi connectivity index (χ1) is 17.0. The number of aryl methyl sites for hydroxylation is 1. The van der Waals surface area contributed by atoms with Gasteiger partial charge in [-0.25, -0.2) is 15.0 Å². The van der Waals surface area contributed by atoms with E-state index in [4.69, 9.17) is 32.4 Å². The Balaban J connectivity index is 1.24. The summed E-state index contributed by atoms with van der Waals surface area (Å²) in [6.07, 6.45) is 13.9. The number of benzene rings is 1. The molecule has 5 aromatic rings. The van der Waals surface area contributed by atoms with Gasteiger partial charge in [0, 0.05) is 66.5 Å². The quantitative estimate of drug-likeness (QED) is 0.398. The van der Waals surface area contributed by atoms with E-state index in [1.807, 2.05) is 53.2 Å². The molecule has 0 radical (unpaired) electrons. The SMILES string of the molecule is Cn1ccnc1Cn1cc2c(Cl)c(-c3c[nH]c4nc(N5C6CC[C@@H]5CC(N)C6)cnc34)ccc2n1. The van der Waals surface area contributed by atoms with Crippen LogP contribution in [0.5, 0.6) is 0 Å². The van der Waals surface area contributed by atoms with Gasteiger partial charge in [0.25, 0.3) is 0 Å². The summed E-state index contributed by atoms with van der Waals surface area (Å²) in [5.74, 6) is 1.86. The Bertz CT molecular complexity index is 1550. The number of aromatic nitrogens is 7. The molecule has 0 spiro atoms. The monoisotopic (exact) mass is 487 g/mol. The molecule has 2 fully saturated rings. The fraction of sp³-hybridized carbons (Fsp3) is 0.360. The number of fused-ring (bicyclic) bond motifs is 4. The molecule has 35 heavy (non-hydrogen) atoms. The fourth-order valence-electron chi connectivity index (χ4n) is 5.90. The van der Waals surface area contributed by atoms with Crippen LogP contribution in [0.25, 0.3) is 33.2 Å². The summed E-state index contributed by atoms with van der Waals surface area (Å²) in [6, 6.07) is 5.23. The molecule has 2 bridgehead atoms. The number of nitrogens with two attached hydrogens (primary N) is 1. The summed E-state index contributed by atoms with van der Waals surface area (Å²) < 4.78 is 3.87. The number of anilines is 1. The van der Waals surface area contributed by atoms with Crippen molar-refractivity contribution in [1.29, 1.82) is 0 Å². The second kappa shape index (κ2) is 7.79. The number of halogens is 1. The molecule has 2 aliphatic rings. The van der Waals surface area contributed by atoms with Gasteiger partial charge in [-0.3, -0.25) is 4.68 Å². The van der Waals surface area contributed by atoms with E-state index in [1.165, 1.54) is 12.8 Å². The average molecular weight is 488 g/mol. The number of hydrogen-bond acceptors (Lipinski definition) is 6. The van der Waals surface area contributed by atoms with Crippen LogP contribution in [0.2, 0.25) is 5.02 Å². The lowest BCUT2D eigenvalue weighted by Gasteiger charge is -2.38. The van der Waals surface area contributed by atoms with Crippen molar-refractivity contribution in [2.75, 3.05) is 4.90 Å². The number of nitrogens with zero attached hydrogens (tertiary/aromatic N) is 7. The van der Waals surface area contributed by atoms with Crippen LogP contribution in [0.4, 0.5) is 5.82 Å². The Kier molecular flexibility index (Phi) is 4.65. The molecule has 10 heteroatoms. The molecule has 9 nitrogen and oxygen atoms in total. The van der Waals surface area contributed by atoms with Crippen LogP contribution in [0.1, 0.15) is 31.5 Å². The Morgan fingerprint density at radius 1 is 1.14 bits per heavy atom. The van der Waals surface area contributed by atoms with Gasteiger partial charge >= 0.3 is 0 Å². The first-order valence-corrected chi connectivity index (χ1v) is 12.4. The van der Waals surface area contributed by atoms with Gasteiger partial charge in [0.05, 0.1) is 23.3 Å². The zero-order chi connectivity index (χ0) is 23.7. The molecule has 0 saturated carbocycles. The van der Waals surface area contributed by atoms with Gasteiger partial charge in [0.1, 0.15) is 17.2 Å². The normalized spacial score (nSPS) is 22.0. The van der Waals surface area contributed by atoms with Gasteiger partial charge in [0.2, 0.25) is 0 Å². The van der Waals surface area contributed by atoms with Gasteiger partial charge in [-0.1, -0.05) is 17.7 Å². The van der Waals surface area contributed by atoms with Crippen LogP contribution < -0.4 is 10.6 Å². The maximum absolute atomic E-state index is 6.92. The number of H-pyrrole nitrogens is 1. The van der Waals surface area contributed by atoms with Crippen molar-refractivity contribution >= 4 is 39.5 Å². The van der Waals surface area contributed by atoms with Gasteiger partial charge in [-0.2, -0.15) is 5.10 Å². The van der Waals surface area contributed by atoms with Gasteiger partial charge in [-0.05, 0) is 31.7 Å². The van der Waals surface area contributed by atoms with Crippen molar-refractivity contribution in [3.8, 4) is 11.1 Å². The highest BCUT2D eigenvalue weighted by Gasteiger charge is 2.40. The predicted octanol–water partition coefficient (Wildman–Crippen LogP) is 3.87. The molecule has 2 unspecified atom stereocenters. The highest BCUT2D eigenvalue weighted by molar-refractivity contribution is 6.38. The van der Waals surface area contributed by atoms with Crippen molar-refractivity contribution in [3.05, 3.63) is 54.0 Å². The fourth-order valence-corrected chi connectivity index (χ4v) is 6.21. The topological polar surface area (TPSA) is 106 Å². The van der Waals surface area contributed by atoms with Crippen LogP contribution >= 0.6 is 11.6 Å². The van der Waals surface area contributed by atoms with Gasteiger partial charge in [0.15, 0.2) is 5.65 Å². The lowest BCUT2D eigenvalue weighted by atomic mass is 9.98. The van der Waals surface area contributed by atoms with E-state index in [0.29, 0.717) is 29.7 Å². The number of piperidine rings is 1. The lowest BCUT2D eigenvalue weighted by molar-refractivity contribution is 0.412. The number of imidazole rings is 1. The van der Waals surface area contributed by atoms with Gasteiger partial charge < -0.3 is 20.2 Å². The molecule has 0 aliphatic carbocycles. The minimum Gasteiger partial charge on any atom is -0.349 e. The van der Waals surface area contributed by atoms with E-state index in [-0.39, 0.29) is 0 Å². The molecule has 6 heterocycles. The maximum Gasteiger partial charge on any atom is 0.159 e. The minimum atomic E-state index is 0.294. The van der Waals surface area contributed by atoms with Crippen molar-refractivity contribution in [2.45, 2.75) is 50.4 Å². The first-order valence-electron chi connectivity index (χ1n) is 12.1. The average Bonchev–Trinajstić information content (AvgIpc) is 3.60. The maximum atomic E-state index is 6.92. The standard InChI is InChI=1S/C25H26ClN9/c1-33-7-6-28-22(33)13-34-12-19-20(32-34)5-4-17(23(19)26)18-10-30-25-24(18)29-11-21(31-25)35-15-2-3-16(35)9-14(27)8-15/h4-7,10-12,14-16H,2-3,8-9,13,27H2,1H3,(H,30,31)/t14?,15-,16?/m1/s1. The van der Waals surface area contributed by atoms with E-state index in [2.05, 4.69) is 14.9 Å². The summed E-state index contributed by atoms with van der Waals surface area (Å²) in [7, 11) is 1.98. The van der Waals surface area contributed by atoms with Crippen LogP contribution in [-0.4, -0.2) is 52.4 Å². The Labute approximate surface area is 206 Å². The summed E-state index contributed by atoms with van der Waals surface area (Å²) in [6.45, 7) is 0.578. The van der Waals surface area contributed by atoms with Crippen molar-refractivity contribution < 1.29 is 0 Å². The molecule has 7 rings (SSSR count). The summed E-state index contributed by atoms with van der Waals surface area (Å²) in [5, 5.41) is 6.25. The van der Waals surface area contributed by atoms with E-state index < -0.39 is 0 Å². The largest absolute Gasteiger partial charge is 0.349 e. The number of hydrogen-bond donors (Lipinski definition) is 2. The lowest BCUT2D eigenvalue weighted by Crippen LogP contribution is -2.47. The van der Waals surface area contributed by atoms with Gasteiger partial charge in [-0.15, -0.1) is 0 Å². The minimum absolute atomic E-state index is 0.294. The third kappa shape index (κ3) is 3.33. The van der Waals surface area contributed by atoms with Crippen LogP contribution in [-0.2, 0) is 13.6 Å². The molecule has 0 amide bonds. The highest BCUT2D eigenvalue weighted by Crippen LogP contribution is 2.40.